The molecule has 6 unspecified atom stereocenters. The van der Waals surface area contributed by atoms with Crippen LogP contribution in [-0.2, 0) is 0 Å². The van der Waals surface area contributed by atoms with Gasteiger partial charge in [0.25, 0.3) is 0 Å². The van der Waals surface area contributed by atoms with Crippen molar-refractivity contribution < 1.29 is 10.2 Å². The van der Waals surface area contributed by atoms with Gasteiger partial charge < -0.3 is 10.2 Å². The lowest BCUT2D eigenvalue weighted by atomic mass is 9.59. The summed E-state index contributed by atoms with van der Waals surface area (Å²) < 4.78 is 0. The fourth-order valence-corrected chi connectivity index (χ4v) is 6.19. The van der Waals surface area contributed by atoms with Crippen LogP contribution in [0.5, 0.6) is 0 Å². The molecule has 0 aromatic heterocycles. The van der Waals surface area contributed by atoms with Crippen LogP contribution in [0.25, 0.3) is 0 Å². The molecule has 0 heterocycles. The normalized spacial score (nSPS) is 43.9. The molecule has 0 saturated heterocycles. The van der Waals surface area contributed by atoms with Crippen LogP contribution in [0.3, 0.4) is 0 Å². The Morgan fingerprint density at radius 2 is 1.46 bits per heavy atom. The van der Waals surface area contributed by atoms with E-state index in [1.807, 2.05) is 0 Å². The van der Waals surface area contributed by atoms with Gasteiger partial charge in [-0.3, -0.25) is 0 Å². The van der Waals surface area contributed by atoms with Gasteiger partial charge in [0.05, 0.1) is 12.2 Å². The molecule has 0 radical (unpaired) electrons. The van der Waals surface area contributed by atoms with E-state index in [0.717, 1.165) is 12.3 Å². The van der Waals surface area contributed by atoms with Gasteiger partial charge in [-0.15, -0.1) is 0 Å². The smallest absolute Gasteiger partial charge is 0.0836 e. The van der Waals surface area contributed by atoms with Crippen molar-refractivity contribution in [2.24, 2.45) is 23.7 Å². The molecule has 128 valence electrons. The van der Waals surface area contributed by atoms with Crippen molar-refractivity contribution in [1.82, 2.24) is 0 Å². The first-order valence-corrected chi connectivity index (χ1v) is 9.90. The minimum absolute atomic E-state index is 0.499. The summed E-state index contributed by atoms with van der Waals surface area (Å²) in [7, 11) is 0. The van der Waals surface area contributed by atoms with Gasteiger partial charge in [-0.1, -0.05) is 29.9 Å². The average molecular weight is 324 g/mol. The van der Waals surface area contributed by atoms with Gasteiger partial charge >= 0.3 is 0 Å². The lowest BCUT2D eigenvalue weighted by Crippen LogP contribution is -2.39. The van der Waals surface area contributed by atoms with E-state index in [4.69, 9.17) is 0 Å². The third-order valence-corrected chi connectivity index (χ3v) is 7.39. The lowest BCUT2D eigenvalue weighted by molar-refractivity contribution is -0.0121. The van der Waals surface area contributed by atoms with E-state index in [9.17, 15) is 10.2 Å². The van der Waals surface area contributed by atoms with E-state index < -0.39 is 12.2 Å². The molecule has 5 aliphatic rings. The van der Waals surface area contributed by atoms with Crippen molar-refractivity contribution in [2.45, 2.75) is 63.6 Å². The zero-order chi connectivity index (χ0) is 16.3. The van der Waals surface area contributed by atoms with E-state index in [0.29, 0.717) is 24.2 Å². The summed E-state index contributed by atoms with van der Waals surface area (Å²) in [4.78, 5) is 0. The van der Waals surface area contributed by atoms with Crippen LogP contribution in [0.2, 0.25) is 0 Å². The van der Waals surface area contributed by atoms with Crippen LogP contribution in [0.4, 0.5) is 0 Å². The summed E-state index contributed by atoms with van der Waals surface area (Å²) in [6, 6.07) is 0. The Hall–Kier alpha value is -1.12. The number of hydrogen-bond donors (Lipinski definition) is 2. The van der Waals surface area contributed by atoms with Crippen molar-refractivity contribution in [1.29, 1.82) is 0 Å². The monoisotopic (exact) mass is 324 g/mol. The van der Waals surface area contributed by atoms with Gasteiger partial charge in [0.1, 0.15) is 0 Å². The Morgan fingerprint density at radius 1 is 0.708 bits per heavy atom. The molecule has 0 spiro atoms. The second-order valence-electron chi connectivity index (χ2n) is 8.54. The van der Waals surface area contributed by atoms with Crippen molar-refractivity contribution in [2.75, 3.05) is 0 Å². The molecule has 2 nitrogen and oxygen atoms in total. The Labute approximate surface area is 144 Å². The predicted molar refractivity (Wildman–Crippen MR) is 95.2 cm³/mol. The maximum atomic E-state index is 10.2. The number of hydrogen-bond acceptors (Lipinski definition) is 2. The van der Waals surface area contributed by atoms with Crippen LogP contribution in [-0.4, -0.2) is 22.4 Å². The zero-order valence-corrected chi connectivity index (χ0v) is 14.3. The van der Waals surface area contributed by atoms with Crippen molar-refractivity contribution >= 4 is 0 Å². The third-order valence-electron chi connectivity index (χ3n) is 7.39. The molecule has 1 fully saturated rings. The molecular formula is C22H28O2. The van der Waals surface area contributed by atoms with Gasteiger partial charge in [0, 0.05) is 0 Å². The molecule has 0 aliphatic heterocycles. The molecule has 5 aliphatic carbocycles. The van der Waals surface area contributed by atoms with E-state index in [1.165, 1.54) is 49.7 Å². The fourth-order valence-electron chi connectivity index (χ4n) is 6.19. The zero-order valence-electron chi connectivity index (χ0n) is 14.3. The van der Waals surface area contributed by atoms with E-state index in [-0.39, 0.29) is 0 Å². The molecule has 6 atom stereocenters. The summed E-state index contributed by atoms with van der Waals surface area (Å²) in [5.41, 5.74) is 6.22. The summed E-state index contributed by atoms with van der Waals surface area (Å²) in [5, 5.41) is 20.2. The molecule has 24 heavy (non-hydrogen) atoms. The van der Waals surface area contributed by atoms with E-state index in [1.54, 1.807) is 11.1 Å². The molecule has 0 aromatic rings. The highest BCUT2D eigenvalue weighted by Crippen LogP contribution is 2.53. The van der Waals surface area contributed by atoms with Gasteiger partial charge in [-0.25, -0.2) is 0 Å². The molecule has 1 saturated carbocycles. The summed E-state index contributed by atoms with van der Waals surface area (Å²) in [6.07, 6.45) is 17.6. The molecule has 2 N–H and O–H groups in total. The topological polar surface area (TPSA) is 40.5 Å². The number of fused-ring (bicyclic) bond motifs is 5. The highest BCUT2D eigenvalue weighted by atomic mass is 16.3. The molecule has 2 heteroatoms. The largest absolute Gasteiger partial charge is 0.390 e. The molecule has 0 amide bonds. The maximum absolute atomic E-state index is 10.2. The van der Waals surface area contributed by atoms with Crippen molar-refractivity contribution in [3.05, 3.63) is 46.6 Å². The molecular weight excluding hydrogens is 296 g/mol. The van der Waals surface area contributed by atoms with Gasteiger partial charge in [-0.2, -0.15) is 0 Å². The summed E-state index contributed by atoms with van der Waals surface area (Å²) >= 11 is 0. The van der Waals surface area contributed by atoms with Crippen molar-refractivity contribution in [3.8, 4) is 0 Å². The second kappa shape index (κ2) is 5.71. The van der Waals surface area contributed by atoms with Crippen LogP contribution >= 0.6 is 0 Å². The van der Waals surface area contributed by atoms with E-state index in [2.05, 4.69) is 24.3 Å². The van der Waals surface area contributed by atoms with Gasteiger partial charge in [0.15, 0.2) is 0 Å². The van der Waals surface area contributed by atoms with Gasteiger partial charge in [-0.05, 0) is 91.8 Å². The first kappa shape index (κ1) is 15.2. The number of rotatable bonds is 0. The molecule has 0 aromatic carbocycles. The highest BCUT2D eigenvalue weighted by Gasteiger charge is 2.42. The Kier molecular flexibility index (Phi) is 3.61. The number of aliphatic hydroxyl groups is 2. The third kappa shape index (κ3) is 2.23. The first-order chi connectivity index (χ1) is 11.7. The van der Waals surface area contributed by atoms with Crippen LogP contribution in [0.15, 0.2) is 46.6 Å². The standard InChI is InChI=1S/C22H28O2/c23-21-11-14-6-8-18-17-7-5-13-3-1-2-4-15(13)16(17)9-10-19(18)20(14)12-22(21)24/h2,4,9-10,13-14,17-18,21-24H,1,3,5-8,11-12H2. The van der Waals surface area contributed by atoms with E-state index >= 15 is 0 Å². The summed E-state index contributed by atoms with van der Waals surface area (Å²) in [5.74, 6) is 2.64. The molecule has 0 bridgehead atoms. The lowest BCUT2D eigenvalue weighted by Gasteiger charge is -2.46. The Morgan fingerprint density at radius 3 is 2.33 bits per heavy atom. The minimum Gasteiger partial charge on any atom is -0.390 e. The van der Waals surface area contributed by atoms with Crippen molar-refractivity contribution in [3.63, 3.8) is 0 Å². The SMILES string of the molecule is OC1CC2=C3C=CC4=C5C=CCCC5CCC4C3CCC2CC1O. The fraction of sp³-hybridized carbons (Fsp3) is 0.636. The second-order valence-corrected chi connectivity index (χ2v) is 8.54. The Balaban J connectivity index is 1.57. The molecule has 5 rings (SSSR count). The maximum Gasteiger partial charge on any atom is 0.0836 e. The Bertz CT molecular complexity index is 665. The van der Waals surface area contributed by atoms with Crippen LogP contribution in [0.1, 0.15) is 51.4 Å². The van der Waals surface area contributed by atoms with Crippen LogP contribution < -0.4 is 0 Å². The minimum atomic E-state index is -0.562. The number of aliphatic hydroxyl groups excluding tert-OH is 2. The number of allylic oxidation sites excluding steroid dienone is 7. The summed E-state index contributed by atoms with van der Waals surface area (Å²) in [6.45, 7) is 0. The predicted octanol–water partition coefficient (Wildman–Crippen LogP) is 4.07. The van der Waals surface area contributed by atoms with Gasteiger partial charge in [0.2, 0.25) is 0 Å². The quantitative estimate of drug-likeness (QED) is 0.705. The first-order valence-electron chi connectivity index (χ1n) is 9.90. The highest BCUT2D eigenvalue weighted by molar-refractivity contribution is 5.49. The van der Waals surface area contributed by atoms with Crippen LogP contribution in [0, 0.1) is 23.7 Å². The average Bonchev–Trinajstić information content (AvgIpc) is 2.62.